The molecule has 1 rings (SSSR count). The highest BCUT2D eigenvalue weighted by Gasteiger charge is 2.59. The second-order valence-corrected chi connectivity index (χ2v) is 1.58. The normalized spacial score (nSPS) is 29.5. The van der Waals surface area contributed by atoms with E-state index in [1.807, 2.05) is 0 Å². The van der Waals surface area contributed by atoms with Gasteiger partial charge in [-0.15, -0.1) is 0 Å². The summed E-state index contributed by atoms with van der Waals surface area (Å²) in [6.07, 6.45) is 0.375. The summed E-state index contributed by atoms with van der Waals surface area (Å²) in [5.74, 6) is -7.79. The first-order valence-electron chi connectivity index (χ1n) is 1.92. The average Bonchev–Trinajstić information content (AvgIpc) is 1.64. The summed E-state index contributed by atoms with van der Waals surface area (Å²) in [6, 6.07) is 0. The number of rotatable bonds is 0. The Bertz CT molecular complexity index is 119. The van der Waals surface area contributed by atoms with Gasteiger partial charge < -0.3 is 0 Å². The van der Waals surface area contributed by atoms with Gasteiger partial charge in [-0.25, -0.2) is 0 Å². The first kappa shape index (κ1) is 5.59. The molecule has 0 aliphatic heterocycles. The SMILES string of the molecule is FC1(F)C=CC1(F)F. The van der Waals surface area contributed by atoms with Crippen LogP contribution >= 0.6 is 0 Å². The van der Waals surface area contributed by atoms with Gasteiger partial charge in [0.2, 0.25) is 0 Å². The predicted molar refractivity (Wildman–Crippen MR) is 19.0 cm³/mol. The molecule has 0 fully saturated rings. The fourth-order valence-electron chi connectivity index (χ4n) is 0.335. The van der Waals surface area contributed by atoms with Crippen molar-refractivity contribution in [2.24, 2.45) is 0 Å². The quantitative estimate of drug-likeness (QED) is 0.343. The first-order valence-corrected chi connectivity index (χ1v) is 1.92. The van der Waals surface area contributed by atoms with E-state index in [2.05, 4.69) is 0 Å². The minimum Gasteiger partial charge on any atom is -0.195 e. The van der Waals surface area contributed by atoms with Crippen LogP contribution in [0, 0.1) is 0 Å². The molecule has 0 nitrogen and oxygen atoms in total. The van der Waals surface area contributed by atoms with Crippen molar-refractivity contribution in [1.29, 1.82) is 0 Å². The van der Waals surface area contributed by atoms with Gasteiger partial charge in [-0.2, -0.15) is 17.6 Å². The van der Waals surface area contributed by atoms with Crippen LogP contribution in [0.1, 0.15) is 0 Å². The topological polar surface area (TPSA) is 0 Å². The molecule has 0 spiro atoms. The fraction of sp³-hybridized carbons (Fsp3) is 0.500. The predicted octanol–water partition coefficient (Wildman–Crippen LogP) is 1.83. The molecular formula is C4H2F4. The molecule has 0 aromatic heterocycles. The number of halogens is 4. The lowest BCUT2D eigenvalue weighted by Gasteiger charge is -2.27. The van der Waals surface area contributed by atoms with Crippen molar-refractivity contribution in [3.05, 3.63) is 12.2 Å². The highest BCUT2D eigenvalue weighted by molar-refractivity contribution is 5.22. The van der Waals surface area contributed by atoms with E-state index >= 15 is 0 Å². The Balaban J connectivity index is 2.82. The maximum atomic E-state index is 11.5. The molecule has 0 unspecified atom stereocenters. The molecule has 8 heavy (non-hydrogen) atoms. The summed E-state index contributed by atoms with van der Waals surface area (Å²) < 4.78 is 45.9. The summed E-state index contributed by atoms with van der Waals surface area (Å²) in [5.41, 5.74) is 0. The van der Waals surface area contributed by atoms with E-state index in [4.69, 9.17) is 0 Å². The summed E-state index contributed by atoms with van der Waals surface area (Å²) in [5, 5.41) is 0. The van der Waals surface area contributed by atoms with Crippen molar-refractivity contribution >= 4 is 0 Å². The van der Waals surface area contributed by atoms with Gasteiger partial charge in [0.15, 0.2) is 0 Å². The van der Waals surface area contributed by atoms with E-state index < -0.39 is 11.8 Å². The van der Waals surface area contributed by atoms with Gasteiger partial charge in [0.1, 0.15) is 0 Å². The second kappa shape index (κ2) is 1.06. The number of alkyl halides is 4. The minimum atomic E-state index is -3.90. The molecular weight excluding hydrogens is 124 g/mol. The van der Waals surface area contributed by atoms with Crippen LogP contribution in [0.3, 0.4) is 0 Å². The lowest BCUT2D eigenvalue weighted by Crippen LogP contribution is -2.43. The Hall–Kier alpha value is -0.540. The van der Waals surface area contributed by atoms with Gasteiger partial charge in [0.05, 0.1) is 0 Å². The molecule has 0 N–H and O–H groups in total. The van der Waals surface area contributed by atoms with E-state index in [1.165, 1.54) is 0 Å². The molecule has 0 bridgehead atoms. The molecule has 0 atom stereocenters. The van der Waals surface area contributed by atoms with Crippen LogP contribution in [0.5, 0.6) is 0 Å². The van der Waals surface area contributed by atoms with Crippen LogP contribution in [0.4, 0.5) is 17.6 Å². The number of hydrogen-bond acceptors (Lipinski definition) is 0. The van der Waals surface area contributed by atoms with E-state index in [-0.39, 0.29) is 12.2 Å². The lowest BCUT2D eigenvalue weighted by atomic mass is 10.0. The van der Waals surface area contributed by atoms with Crippen molar-refractivity contribution in [2.75, 3.05) is 0 Å². The van der Waals surface area contributed by atoms with Gasteiger partial charge >= 0.3 is 11.8 Å². The molecule has 4 heteroatoms. The maximum Gasteiger partial charge on any atom is 0.332 e. The molecule has 0 amide bonds. The summed E-state index contributed by atoms with van der Waals surface area (Å²) in [6.45, 7) is 0. The third-order valence-electron chi connectivity index (χ3n) is 0.946. The van der Waals surface area contributed by atoms with Gasteiger partial charge in [-0.05, 0) is 12.2 Å². The number of allylic oxidation sites excluding steroid dienone is 2. The standard InChI is InChI=1S/C4H2F4/c5-3(6)1-2-4(3,7)8/h1-2H. The fourth-order valence-corrected chi connectivity index (χ4v) is 0.335. The highest BCUT2D eigenvalue weighted by atomic mass is 19.3. The highest BCUT2D eigenvalue weighted by Crippen LogP contribution is 2.43. The third kappa shape index (κ3) is 0.454. The van der Waals surface area contributed by atoms with Crippen LogP contribution < -0.4 is 0 Å². The van der Waals surface area contributed by atoms with E-state index in [0.717, 1.165) is 0 Å². The smallest absolute Gasteiger partial charge is 0.195 e. The Labute approximate surface area is 42.8 Å². The Morgan fingerprint density at radius 3 is 1.00 bits per heavy atom. The van der Waals surface area contributed by atoms with Crippen molar-refractivity contribution in [3.63, 3.8) is 0 Å². The van der Waals surface area contributed by atoms with Gasteiger partial charge in [-0.3, -0.25) is 0 Å². The second-order valence-electron chi connectivity index (χ2n) is 1.58. The lowest BCUT2D eigenvalue weighted by molar-refractivity contribution is -0.169. The molecule has 0 saturated heterocycles. The summed E-state index contributed by atoms with van der Waals surface area (Å²) >= 11 is 0. The average molecular weight is 126 g/mol. The Kier molecular flexibility index (Phi) is 0.743. The molecule has 1 aliphatic carbocycles. The van der Waals surface area contributed by atoms with Crippen molar-refractivity contribution in [1.82, 2.24) is 0 Å². The van der Waals surface area contributed by atoms with Crippen molar-refractivity contribution in [2.45, 2.75) is 11.8 Å². The zero-order valence-electron chi connectivity index (χ0n) is 3.67. The molecule has 0 radical (unpaired) electrons. The molecule has 46 valence electrons. The molecule has 0 saturated carbocycles. The van der Waals surface area contributed by atoms with Crippen molar-refractivity contribution in [3.8, 4) is 0 Å². The molecule has 0 aromatic carbocycles. The van der Waals surface area contributed by atoms with Crippen LogP contribution in [0.25, 0.3) is 0 Å². The zero-order valence-corrected chi connectivity index (χ0v) is 3.67. The molecule has 1 aliphatic rings. The van der Waals surface area contributed by atoms with E-state index in [9.17, 15) is 17.6 Å². The van der Waals surface area contributed by atoms with Crippen LogP contribution in [-0.2, 0) is 0 Å². The summed E-state index contributed by atoms with van der Waals surface area (Å²) in [4.78, 5) is 0. The van der Waals surface area contributed by atoms with Crippen molar-refractivity contribution < 1.29 is 17.6 Å². The minimum absolute atomic E-state index is 0.188. The summed E-state index contributed by atoms with van der Waals surface area (Å²) in [7, 11) is 0. The molecule has 0 heterocycles. The van der Waals surface area contributed by atoms with Crippen LogP contribution in [0.15, 0.2) is 12.2 Å². The van der Waals surface area contributed by atoms with E-state index in [0.29, 0.717) is 0 Å². The first-order chi connectivity index (χ1) is 3.46. The van der Waals surface area contributed by atoms with Gasteiger partial charge in [-0.1, -0.05) is 0 Å². The third-order valence-corrected chi connectivity index (χ3v) is 0.946. The Morgan fingerprint density at radius 1 is 0.750 bits per heavy atom. The van der Waals surface area contributed by atoms with E-state index in [1.54, 1.807) is 0 Å². The maximum absolute atomic E-state index is 11.5. The van der Waals surface area contributed by atoms with Gasteiger partial charge in [0, 0.05) is 0 Å². The largest absolute Gasteiger partial charge is 0.332 e. The monoisotopic (exact) mass is 126 g/mol. The van der Waals surface area contributed by atoms with Crippen LogP contribution in [0.2, 0.25) is 0 Å². The van der Waals surface area contributed by atoms with Crippen LogP contribution in [-0.4, -0.2) is 11.8 Å². The zero-order chi connectivity index (χ0) is 6.41. The van der Waals surface area contributed by atoms with Gasteiger partial charge in [0.25, 0.3) is 0 Å². The molecule has 0 aromatic rings. The number of hydrogen-bond donors (Lipinski definition) is 0. The Morgan fingerprint density at radius 2 is 1.00 bits per heavy atom.